The number of carbonyl (C=O) groups excluding carboxylic acids is 1. The Morgan fingerprint density at radius 2 is 1.89 bits per heavy atom. The Morgan fingerprint density at radius 1 is 1.21 bits per heavy atom. The van der Waals surface area contributed by atoms with E-state index in [2.05, 4.69) is 27.9 Å². The van der Waals surface area contributed by atoms with E-state index in [9.17, 15) is 9.18 Å². The minimum atomic E-state index is -0.294. The van der Waals surface area contributed by atoms with Gasteiger partial charge in [-0.2, -0.15) is 0 Å². The molecule has 1 N–H and O–H groups in total. The number of amides is 1. The third kappa shape index (κ3) is 4.02. The van der Waals surface area contributed by atoms with Gasteiger partial charge in [-0.15, -0.1) is 0 Å². The molecule has 0 radical (unpaired) electrons. The van der Waals surface area contributed by atoms with Gasteiger partial charge in [0.05, 0.1) is 6.42 Å². The zero-order chi connectivity index (χ0) is 13.8. The van der Waals surface area contributed by atoms with Crippen molar-refractivity contribution in [3.05, 3.63) is 63.0 Å². The molecule has 0 fully saturated rings. The van der Waals surface area contributed by atoms with Crippen molar-refractivity contribution in [1.82, 2.24) is 0 Å². The first kappa shape index (κ1) is 14.0. The predicted octanol–water partition coefficient (Wildman–Crippen LogP) is 3.92. The molecule has 2 rings (SSSR count). The van der Waals surface area contributed by atoms with Crippen LogP contribution in [0.1, 0.15) is 11.1 Å². The summed E-state index contributed by atoms with van der Waals surface area (Å²) in [6, 6.07) is 11.9. The Bertz CT molecular complexity index is 596. The topological polar surface area (TPSA) is 29.1 Å². The quantitative estimate of drug-likeness (QED) is 0.817. The third-order valence-electron chi connectivity index (χ3n) is 2.75. The monoisotopic (exact) mass is 369 g/mol. The molecule has 2 aromatic rings. The summed E-state index contributed by atoms with van der Waals surface area (Å²) in [5.74, 6) is -0.394. The van der Waals surface area contributed by atoms with E-state index in [0.29, 0.717) is 0 Å². The normalized spacial score (nSPS) is 10.3. The van der Waals surface area contributed by atoms with Gasteiger partial charge in [0.25, 0.3) is 0 Å². The zero-order valence-corrected chi connectivity index (χ0v) is 12.6. The molecule has 0 heterocycles. The Labute approximate surface area is 125 Å². The van der Waals surface area contributed by atoms with Crippen LogP contribution in [0.4, 0.5) is 10.1 Å². The van der Waals surface area contributed by atoms with Crippen molar-refractivity contribution >= 4 is 34.2 Å². The molecule has 0 aliphatic heterocycles. The largest absolute Gasteiger partial charge is 0.326 e. The third-order valence-corrected chi connectivity index (χ3v) is 3.42. The summed E-state index contributed by atoms with van der Waals surface area (Å²) >= 11 is 2.20. The Balaban J connectivity index is 2.05. The first-order valence-corrected chi connectivity index (χ1v) is 6.93. The Morgan fingerprint density at radius 3 is 2.58 bits per heavy atom. The lowest BCUT2D eigenvalue weighted by atomic mass is 10.1. The highest BCUT2D eigenvalue weighted by molar-refractivity contribution is 14.1. The van der Waals surface area contributed by atoms with Crippen LogP contribution < -0.4 is 5.32 Å². The SMILES string of the molecule is Cc1ccc(I)cc1NC(=O)Cc1ccc(F)cc1. The van der Waals surface area contributed by atoms with Gasteiger partial charge in [-0.3, -0.25) is 4.79 Å². The second-order valence-corrected chi connectivity index (χ2v) is 5.56. The number of halogens is 2. The smallest absolute Gasteiger partial charge is 0.228 e. The minimum Gasteiger partial charge on any atom is -0.326 e. The number of hydrogen-bond acceptors (Lipinski definition) is 1. The highest BCUT2D eigenvalue weighted by Gasteiger charge is 2.06. The Hall–Kier alpha value is -1.43. The van der Waals surface area contributed by atoms with Crippen molar-refractivity contribution in [3.8, 4) is 0 Å². The van der Waals surface area contributed by atoms with Crippen LogP contribution in [0, 0.1) is 16.3 Å². The summed E-state index contributed by atoms with van der Waals surface area (Å²) in [4.78, 5) is 11.9. The van der Waals surface area contributed by atoms with Gasteiger partial charge in [0.2, 0.25) is 5.91 Å². The van der Waals surface area contributed by atoms with Crippen LogP contribution in [0.3, 0.4) is 0 Å². The van der Waals surface area contributed by atoms with Gasteiger partial charge in [0.1, 0.15) is 5.82 Å². The van der Waals surface area contributed by atoms with Crippen LogP contribution >= 0.6 is 22.6 Å². The van der Waals surface area contributed by atoms with Crippen LogP contribution in [-0.4, -0.2) is 5.91 Å². The fourth-order valence-corrected chi connectivity index (χ4v) is 2.20. The number of carbonyl (C=O) groups is 1. The van der Waals surface area contributed by atoms with Crippen LogP contribution in [0.25, 0.3) is 0 Å². The van der Waals surface area contributed by atoms with Gasteiger partial charge < -0.3 is 5.32 Å². The number of nitrogens with one attached hydrogen (secondary N) is 1. The van der Waals surface area contributed by atoms with Crippen LogP contribution in [0.2, 0.25) is 0 Å². The maximum Gasteiger partial charge on any atom is 0.228 e. The molecule has 0 saturated heterocycles. The summed E-state index contributed by atoms with van der Waals surface area (Å²) in [5, 5.41) is 2.88. The average Bonchev–Trinajstić information content (AvgIpc) is 2.37. The van der Waals surface area contributed by atoms with E-state index >= 15 is 0 Å². The second-order valence-electron chi connectivity index (χ2n) is 4.31. The Kier molecular flexibility index (Phi) is 4.52. The molecule has 19 heavy (non-hydrogen) atoms. The summed E-state index contributed by atoms with van der Waals surface area (Å²) in [5.41, 5.74) is 2.63. The van der Waals surface area contributed by atoms with E-state index in [1.54, 1.807) is 12.1 Å². The molecular formula is C15H13FINO. The zero-order valence-electron chi connectivity index (χ0n) is 10.4. The molecule has 0 aromatic heterocycles. The van der Waals surface area contributed by atoms with Crippen molar-refractivity contribution in [2.45, 2.75) is 13.3 Å². The highest BCUT2D eigenvalue weighted by atomic mass is 127. The number of rotatable bonds is 3. The lowest BCUT2D eigenvalue weighted by Crippen LogP contribution is -2.15. The first-order valence-electron chi connectivity index (χ1n) is 5.85. The lowest BCUT2D eigenvalue weighted by Gasteiger charge is -2.09. The van der Waals surface area contributed by atoms with Crippen molar-refractivity contribution in [2.75, 3.05) is 5.32 Å². The van der Waals surface area contributed by atoms with Gasteiger partial charge >= 0.3 is 0 Å². The van der Waals surface area contributed by atoms with Crippen molar-refractivity contribution in [3.63, 3.8) is 0 Å². The molecule has 0 aliphatic carbocycles. The van der Waals surface area contributed by atoms with Crippen LogP contribution in [0.5, 0.6) is 0 Å². The molecule has 0 atom stereocenters. The number of aryl methyl sites for hydroxylation is 1. The van der Waals surface area contributed by atoms with Gasteiger partial charge in [-0.05, 0) is 64.9 Å². The van der Waals surface area contributed by atoms with Crippen molar-refractivity contribution < 1.29 is 9.18 Å². The van der Waals surface area contributed by atoms with E-state index in [1.165, 1.54) is 12.1 Å². The molecule has 0 bridgehead atoms. The van der Waals surface area contributed by atoms with Crippen LogP contribution in [0.15, 0.2) is 42.5 Å². The van der Waals surface area contributed by atoms with Crippen molar-refractivity contribution in [1.29, 1.82) is 0 Å². The number of anilines is 1. The lowest BCUT2D eigenvalue weighted by molar-refractivity contribution is -0.115. The summed E-state index contributed by atoms with van der Waals surface area (Å²) in [6.07, 6.45) is 0.241. The van der Waals surface area contributed by atoms with E-state index in [1.807, 2.05) is 25.1 Å². The molecule has 2 nitrogen and oxygen atoms in total. The van der Waals surface area contributed by atoms with Gasteiger partial charge in [0.15, 0.2) is 0 Å². The van der Waals surface area contributed by atoms with Gasteiger partial charge in [0, 0.05) is 9.26 Å². The highest BCUT2D eigenvalue weighted by Crippen LogP contribution is 2.18. The van der Waals surface area contributed by atoms with E-state index in [-0.39, 0.29) is 18.1 Å². The van der Waals surface area contributed by atoms with Crippen molar-refractivity contribution in [2.24, 2.45) is 0 Å². The minimum absolute atomic E-state index is 0.100. The maximum atomic E-state index is 12.8. The molecule has 1 amide bonds. The van der Waals surface area contributed by atoms with E-state index in [0.717, 1.165) is 20.4 Å². The second kappa shape index (κ2) is 6.14. The number of hydrogen-bond donors (Lipinski definition) is 1. The fourth-order valence-electron chi connectivity index (χ4n) is 1.71. The molecule has 2 aromatic carbocycles. The van der Waals surface area contributed by atoms with E-state index in [4.69, 9.17) is 0 Å². The standard InChI is InChI=1S/C15H13FINO/c1-10-2-7-13(17)9-14(10)18-15(19)8-11-3-5-12(16)6-4-11/h2-7,9H,8H2,1H3,(H,18,19). The molecule has 98 valence electrons. The molecular weight excluding hydrogens is 356 g/mol. The molecule has 0 saturated carbocycles. The number of benzene rings is 2. The first-order chi connectivity index (χ1) is 9.04. The predicted molar refractivity (Wildman–Crippen MR) is 82.6 cm³/mol. The molecule has 0 unspecified atom stereocenters. The fraction of sp³-hybridized carbons (Fsp3) is 0.133. The van der Waals surface area contributed by atoms with Crippen LogP contribution in [-0.2, 0) is 11.2 Å². The molecule has 4 heteroatoms. The summed E-state index contributed by atoms with van der Waals surface area (Å²) in [7, 11) is 0. The molecule has 0 spiro atoms. The van der Waals surface area contributed by atoms with E-state index < -0.39 is 0 Å². The summed E-state index contributed by atoms with van der Waals surface area (Å²) in [6.45, 7) is 1.95. The van der Waals surface area contributed by atoms with Gasteiger partial charge in [-0.1, -0.05) is 18.2 Å². The van der Waals surface area contributed by atoms with Gasteiger partial charge in [-0.25, -0.2) is 4.39 Å². The average molecular weight is 369 g/mol. The molecule has 0 aliphatic rings. The summed E-state index contributed by atoms with van der Waals surface area (Å²) < 4.78 is 13.8. The maximum absolute atomic E-state index is 12.8.